The van der Waals surface area contributed by atoms with E-state index < -0.39 is 0 Å². The third-order valence-corrected chi connectivity index (χ3v) is 3.34. The summed E-state index contributed by atoms with van der Waals surface area (Å²) in [5, 5.41) is 5.29. The molecule has 1 aromatic heterocycles. The topological polar surface area (TPSA) is 17.8 Å². The van der Waals surface area contributed by atoms with Gasteiger partial charge in [-0.1, -0.05) is 42.6 Å². The van der Waals surface area contributed by atoms with E-state index in [4.69, 9.17) is 11.6 Å². The minimum atomic E-state index is 0.688. The molecule has 0 N–H and O–H groups in total. The first-order chi connectivity index (χ1) is 8.52. The van der Waals surface area contributed by atoms with Crippen molar-refractivity contribution in [3.05, 3.63) is 45.7 Å². The Kier molecular flexibility index (Phi) is 3.76. The predicted molar refractivity (Wildman–Crippen MR) is 76.8 cm³/mol. The molecule has 0 saturated carbocycles. The van der Waals surface area contributed by atoms with Gasteiger partial charge < -0.3 is 0 Å². The SMILES string of the molecule is CCCc1cc(Cl)n(-c2c(C)cc(C)cc2C)n1. The van der Waals surface area contributed by atoms with E-state index in [0.29, 0.717) is 5.15 Å². The highest BCUT2D eigenvalue weighted by atomic mass is 35.5. The average molecular weight is 263 g/mol. The van der Waals surface area contributed by atoms with Gasteiger partial charge in [0, 0.05) is 0 Å². The van der Waals surface area contributed by atoms with Crippen molar-refractivity contribution in [1.29, 1.82) is 0 Å². The molecular weight excluding hydrogens is 244 g/mol. The maximum Gasteiger partial charge on any atom is 0.133 e. The number of halogens is 1. The fourth-order valence-corrected chi connectivity index (χ4v) is 2.69. The zero-order valence-corrected chi connectivity index (χ0v) is 12.2. The smallest absolute Gasteiger partial charge is 0.133 e. The number of hydrogen-bond donors (Lipinski definition) is 0. The van der Waals surface area contributed by atoms with Crippen LogP contribution in [0, 0.1) is 20.8 Å². The molecule has 0 radical (unpaired) electrons. The number of rotatable bonds is 3. The maximum absolute atomic E-state index is 6.30. The van der Waals surface area contributed by atoms with Crippen molar-refractivity contribution in [3.8, 4) is 5.69 Å². The van der Waals surface area contributed by atoms with E-state index in [1.54, 1.807) is 0 Å². The van der Waals surface area contributed by atoms with Crippen LogP contribution in [0.5, 0.6) is 0 Å². The first-order valence-electron chi connectivity index (χ1n) is 6.35. The molecule has 1 aromatic carbocycles. The minimum absolute atomic E-state index is 0.688. The Morgan fingerprint density at radius 3 is 2.28 bits per heavy atom. The van der Waals surface area contributed by atoms with Crippen LogP contribution in [0.15, 0.2) is 18.2 Å². The highest BCUT2D eigenvalue weighted by Gasteiger charge is 2.12. The molecule has 0 bridgehead atoms. The van der Waals surface area contributed by atoms with Gasteiger partial charge in [-0.05, 0) is 44.4 Å². The summed E-state index contributed by atoms with van der Waals surface area (Å²) in [6, 6.07) is 6.30. The summed E-state index contributed by atoms with van der Waals surface area (Å²) in [4.78, 5) is 0. The summed E-state index contributed by atoms with van der Waals surface area (Å²) in [5.41, 5.74) is 5.85. The Morgan fingerprint density at radius 1 is 1.11 bits per heavy atom. The standard InChI is InChI=1S/C15H19ClN2/c1-5-6-13-9-14(16)18(17-13)15-11(3)7-10(2)8-12(15)4/h7-9H,5-6H2,1-4H3. The van der Waals surface area contributed by atoms with Gasteiger partial charge in [-0.3, -0.25) is 0 Å². The second-order valence-electron chi connectivity index (χ2n) is 4.87. The average Bonchev–Trinajstić information content (AvgIpc) is 2.59. The van der Waals surface area contributed by atoms with Crippen molar-refractivity contribution in [3.63, 3.8) is 0 Å². The molecule has 0 aliphatic heterocycles. The highest BCUT2D eigenvalue weighted by Crippen LogP contribution is 2.25. The Morgan fingerprint density at radius 2 is 1.72 bits per heavy atom. The largest absolute Gasteiger partial charge is 0.221 e. The number of aryl methyl sites for hydroxylation is 4. The van der Waals surface area contributed by atoms with Crippen molar-refractivity contribution >= 4 is 11.6 Å². The molecule has 1 heterocycles. The van der Waals surface area contributed by atoms with Crippen molar-refractivity contribution in [1.82, 2.24) is 9.78 Å². The van der Waals surface area contributed by atoms with Gasteiger partial charge in [0.15, 0.2) is 0 Å². The molecule has 0 amide bonds. The normalized spacial score (nSPS) is 10.9. The lowest BCUT2D eigenvalue weighted by atomic mass is 10.1. The molecular formula is C15H19ClN2. The first kappa shape index (κ1) is 13.2. The highest BCUT2D eigenvalue weighted by molar-refractivity contribution is 6.29. The van der Waals surface area contributed by atoms with Gasteiger partial charge in [0.2, 0.25) is 0 Å². The predicted octanol–water partition coefficient (Wildman–Crippen LogP) is 4.40. The summed E-state index contributed by atoms with van der Waals surface area (Å²) in [5.74, 6) is 0. The number of benzene rings is 1. The maximum atomic E-state index is 6.30. The number of nitrogens with zero attached hydrogens (tertiary/aromatic N) is 2. The molecule has 2 aromatic rings. The molecule has 0 fully saturated rings. The zero-order chi connectivity index (χ0) is 13.3. The summed E-state index contributed by atoms with van der Waals surface area (Å²) in [6.45, 7) is 8.46. The van der Waals surface area contributed by atoms with Crippen LogP contribution in [-0.2, 0) is 6.42 Å². The van der Waals surface area contributed by atoms with Gasteiger partial charge in [-0.15, -0.1) is 0 Å². The van der Waals surface area contributed by atoms with Gasteiger partial charge in [-0.2, -0.15) is 5.10 Å². The van der Waals surface area contributed by atoms with Gasteiger partial charge in [0.25, 0.3) is 0 Å². The minimum Gasteiger partial charge on any atom is -0.221 e. The van der Waals surface area contributed by atoms with Crippen molar-refractivity contribution < 1.29 is 0 Å². The van der Waals surface area contributed by atoms with E-state index in [-0.39, 0.29) is 0 Å². The molecule has 0 unspecified atom stereocenters. The molecule has 0 atom stereocenters. The van der Waals surface area contributed by atoms with Crippen LogP contribution in [0.2, 0.25) is 5.15 Å². The fourth-order valence-electron chi connectivity index (χ4n) is 2.45. The van der Waals surface area contributed by atoms with Crippen LogP contribution in [-0.4, -0.2) is 9.78 Å². The van der Waals surface area contributed by atoms with Crippen LogP contribution in [0.1, 0.15) is 35.7 Å². The zero-order valence-electron chi connectivity index (χ0n) is 11.4. The molecule has 0 aliphatic rings. The monoisotopic (exact) mass is 262 g/mol. The Bertz CT molecular complexity index is 547. The molecule has 2 nitrogen and oxygen atoms in total. The van der Waals surface area contributed by atoms with Crippen molar-refractivity contribution in [2.75, 3.05) is 0 Å². The van der Waals surface area contributed by atoms with E-state index in [0.717, 1.165) is 24.2 Å². The van der Waals surface area contributed by atoms with Crippen LogP contribution in [0.25, 0.3) is 5.69 Å². The number of aromatic nitrogens is 2. The lowest BCUT2D eigenvalue weighted by molar-refractivity contribution is 0.800. The first-order valence-corrected chi connectivity index (χ1v) is 6.73. The molecule has 2 rings (SSSR count). The van der Waals surface area contributed by atoms with Crippen molar-refractivity contribution in [2.45, 2.75) is 40.5 Å². The molecule has 96 valence electrons. The molecule has 0 aliphatic carbocycles. The summed E-state index contributed by atoms with van der Waals surface area (Å²) >= 11 is 6.30. The number of hydrogen-bond acceptors (Lipinski definition) is 1. The van der Waals surface area contributed by atoms with Gasteiger partial charge in [0.05, 0.1) is 11.4 Å². The third kappa shape index (κ3) is 2.44. The Balaban J connectivity index is 2.55. The lowest BCUT2D eigenvalue weighted by Crippen LogP contribution is -2.03. The summed E-state index contributed by atoms with van der Waals surface area (Å²) in [7, 11) is 0. The van der Waals surface area contributed by atoms with Crippen LogP contribution in [0.4, 0.5) is 0 Å². The Hall–Kier alpha value is -1.28. The van der Waals surface area contributed by atoms with E-state index in [9.17, 15) is 0 Å². The lowest BCUT2D eigenvalue weighted by Gasteiger charge is -2.12. The van der Waals surface area contributed by atoms with Gasteiger partial charge in [0.1, 0.15) is 5.15 Å². The summed E-state index contributed by atoms with van der Waals surface area (Å²) in [6.07, 6.45) is 2.05. The van der Waals surface area contributed by atoms with E-state index in [1.165, 1.54) is 16.7 Å². The summed E-state index contributed by atoms with van der Waals surface area (Å²) < 4.78 is 1.86. The molecule has 18 heavy (non-hydrogen) atoms. The van der Waals surface area contributed by atoms with Crippen LogP contribution in [0.3, 0.4) is 0 Å². The van der Waals surface area contributed by atoms with E-state index in [2.05, 4.69) is 44.9 Å². The fraction of sp³-hybridized carbons (Fsp3) is 0.400. The third-order valence-electron chi connectivity index (χ3n) is 3.07. The Labute approximate surface area is 114 Å². The van der Waals surface area contributed by atoms with Crippen molar-refractivity contribution in [2.24, 2.45) is 0 Å². The second-order valence-corrected chi connectivity index (χ2v) is 5.25. The van der Waals surface area contributed by atoms with Gasteiger partial charge in [-0.25, -0.2) is 4.68 Å². The van der Waals surface area contributed by atoms with E-state index in [1.807, 2.05) is 10.7 Å². The van der Waals surface area contributed by atoms with Gasteiger partial charge >= 0.3 is 0 Å². The molecule has 3 heteroatoms. The quantitative estimate of drug-likeness (QED) is 0.802. The van der Waals surface area contributed by atoms with Crippen LogP contribution >= 0.6 is 11.6 Å². The van der Waals surface area contributed by atoms with Crippen LogP contribution < -0.4 is 0 Å². The van der Waals surface area contributed by atoms with E-state index >= 15 is 0 Å². The molecule has 0 spiro atoms. The second kappa shape index (κ2) is 5.15. The molecule has 0 saturated heterocycles.